The van der Waals surface area contributed by atoms with Crippen LogP contribution < -0.4 is 0 Å². The predicted octanol–water partition coefficient (Wildman–Crippen LogP) is 1.96. The quantitative estimate of drug-likeness (QED) is 0.395. The predicted molar refractivity (Wildman–Crippen MR) is 87.8 cm³/mol. The van der Waals surface area contributed by atoms with Crippen LogP contribution in [0, 0.1) is 0 Å². The second-order valence-corrected chi connectivity index (χ2v) is 8.77. The van der Waals surface area contributed by atoms with Crippen LogP contribution in [0.15, 0.2) is 0 Å². The molecule has 1 atom stereocenters. The summed E-state index contributed by atoms with van der Waals surface area (Å²) in [6, 6.07) is 0.663. The Balaban J connectivity index is 4.54. The van der Waals surface area contributed by atoms with E-state index in [9.17, 15) is 5.11 Å². The molecule has 0 saturated carbocycles. The Morgan fingerprint density at radius 2 is 1.32 bits per heavy atom. The molecule has 134 valence electrons. The molecule has 0 aromatic rings. The van der Waals surface area contributed by atoms with Gasteiger partial charge in [-0.25, -0.2) is 0 Å². The molecule has 0 rings (SSSR count). The van der Waals surface area contributed by atoms with Crippen LogP contribution in [0.5, 0.6) is 0 Å². The zero-order chi connectivity index (χ0) is 17.2. The largest absolute Gasteiger partial charge is 0.501 e. The lowest BCUT2D eigenvalue weighted by atomic mass is 10.4. The SMILES string of the molecule is CC(C)O[Si](CCCOCC(O)CO)(OC(C)C)OC(C)C. The van der Waals surface area contributed by atoms with Gasteiger partial charge in [-0.15, -0.1) is 0 Å². The zero-order valence-electron chi connectivity index (χ0n) is 14.9. The number of aliphatic hydroxyl groups is 2. The van der Waals surface area contributed by atoms with Crippen LogP contribution in [0.4, 0.5) is 0 Å². The van der Waals surface area contributed by atoms with Gasteiger partial charge in [0.2, 0.25) is 0 Å². The zero-order valence-corrected chi connectivity index (χ0v) is 15.9. The van der Waals surface area contributed by atoms with Gasteiger partial charge in [-0.3, -0.25) is 0 Å². The fourth-order valence-electron chi connectivity index (χ4n) is 2.00. The molecule has 0 aliphatic rings. The first kappa shape index (κ1) is 22.0. The average molecular weight is 339 g/mol. The van der Waals surface area contributed by atoms with Gasteiger partial charge < -0.3 is 28.2 Å². The lowest BCUT2D eigenvalue weighted by molar-refractivity contribution is -0.00609. The van der Waals surface area contributed by atoms with Crippen LogP contribution in [0.2, 0.25) is 6.04 Å². The molecule has 0 saturated heterocycles. The third kappa shape index (κ3) is 10.7. The molecule has 0 radical (unpaired) electrons. The smallest absolute Gasteiger partial charge is 0.394 e. The van der Waals surface area contributed by atoms with Crippen LogP contribution in [-0.4, -0.2) is 63.3 Å². The summed E-state index contributed by atoms with van der Waals surface area (Å²) in [5.74, 6) is 0. The highest BCUT2D eigenvalue weighted by Crippen LogP contribution is 2.23. The fraction of sp³-hybridized carbons (Fsp3) is 1.00. The maximum Gasteiger partial charge on any atom is 0.501 e. The van der Waals surface area contributed by atoms with Gasteiger partial charge in [0.25, 0.3) is 0 Å². The molecule has 1 unspecified atom stereocenters. The van der Waals surface area contributed by atoms with Crippen molar-refractivity contribution in [2.45, 2.75) is 78.4 Å². The van der Waals surface area contributed by atoms with Gasteiger partial charge in [0.1, 0.15) is 6.10 Å². The van der Waals surface area contributed by atoms with E-state index >= 15 is 0 Å². The Bertz CT molecular complexity index is 246. The molecule has 0 aliphatic carbocycles. The lowest BCUT2D eigenvalue weighted by Gasteiger charge is -2.34. The van der Waals surface area contributed by atoms with Crippen molar-refractivity contribution < 1.29 is 28.2 Å². The minimum absolute atomic E-state index is 0.0290. The second-order valence-electron chi connectivity index (χ2n) is 6.20. The van der Waals surface area contributed by atoms with Crippen molar-refractivity contribution in [2.24, 2.45) is 0 Å². The monoisotopic (exact) mass is 338 g/mol. The van der Waals surface area contributed by atoms with Gasteiger partial charge >= 0.3 is 8.80 Å². The minimum atomic E-state index is -2.76. The van der Waals surface area contributed by atoms with Crippen molar-refractivity contribution >= 4 is 8.80 Å². The number of hydrogen-bond acceptors (Lipinski definition) is 6. The maximum atomic E-state index is 9.23. The van der Waals surface area contributed by atoms with Gasteiger partial charge in [-0.05, 0) is 48.0 Å². The van der Waals surface area contributed by atoms with E-state index in [2.05, 4.69) is 0 Å². The van der Waals surface area contributed by atoms with Crippen LogP contribution in [-0.2, 0) is 18.0 Å². The summed E-state index contributed by atoms with van der Waals surface area (Å²) in [6.07, 6.45) is -0.0204. The molecular weight excluding hydrogens is 304 g/mol. The first-order valence-corrected chi connectivity index (χ1v) is 10.0. The number of rotatable bonds is 13. The molecule has 0 bridgehead atoms. The lowest BCUT2D eigenvalue weighted by Crippen LogP contribution is -2.50. The van der Waals surface area contributed by atoms with Gasteiger partial charge in [0, 0.05) is 31.0 Å². The molecule has 0 fully saturated rings. The Morgan fingerprint density at radius 3 is 1.68 bits per heavy atom. The third-order valence-corrected chi connectivity index (χ3v) is 6.00. The number of ether oxygens (including phenoxy) is 1. The van der Waals surface area contributed by atoms with E-state index in [1.165, 1.54) is 0 Å². The van der Waals surface area contributed by atoms with E-state index in [4.69, 9.17) is 23.1 Å². The normalized spacial score (nSPS) is 14.3. The fourth-order valence-corrected chi connectivity index (χ4v) is 5.25. The minimum Gasteiger partial charge on any atom is -0.394 e. The van der Waals surface area contributed by atoms with Gasteiger partial charge in [0.15, 0.2) is 0 Å². The number of hydrogen-bond donors (Lipinski definition) is 2. The van der Waals surface area contributed by atoms with Gasteiger partial charge in [0.05, 0.1) is 13.2 Å². The summed E-state index contributed by atoms with van der Waals surface area (Å²) in [4.78, 5) is 0. The van der Waals surface area contributed by atoms with Crippen molar-refractivity contribution in [3.05, 3.63) is 0 Å². The maximum absolute atomic E-state index is 9.23. The number of aliphatic hydroxyl groups excluding tert-OH is 2. The molecule has 6 nitrogen and oxygen atoms in total. The summed E-state index contributed by atoms with van der Waals surface area (Å²) in [6.45, 7) is 12.2. The van der Waals surface area contributed by atoms with E-state index in [-0.39, 0.29) is 31.5 Å². The van der Waals surface area contributed by atoms with E-state index in [1.54, 1.807) is 0 Å². The summed E-state index contributed by atoms with van der Waals surface area (Å²) >= 11 is 0. The Labute approximate surface area is 136 Å². The van der Waals surface area contributed by atoms with Crippen molar-refractivity contribution in [2.75, 3.05) is 19.8 Å². The third-order valence-electron chi connectivity index (χ3n) is 2.54. The summed E-state index contributed by atoms with van der Waals surface area (Å²) in [7, 11) is -2.76. The summed E-state index contributed by atoms with van der Waals surface area (Å²) < 4.78 is 23.5. The molecule has 0 aromatic heterocycles. The van der Waals surface area contributed by atoms with Crippen molar-refractivity contribution in [1.82, 2.24) is 0 Å². The molecule has 0 spiro atoms. The Kier molecular flexibility index (Phi) is 11.5. The molecular formula is C15H34O6Si. The van der Waals surface area contributed by atoms with Crippen molar-refractivity contribution in [3.63, 3.8) is 0 Å². The second kappa shape index (κ2) is 11.5. The molecule has 0 heterocycles. The van der Waals surface area contributed by atoms with Crippen LogP contribution in [0.25, 0.3) is 0 Å². The molecule has 22 heavy (non-hydrogen) atoms. The van der Waals surface area contributed by atoms with Crippen LogP contribution in [0.3, 0.4) is 0 Å². The molecule has 2 N–H and O–H groups in total. The Morgan fingerprint density at radius 1 is 0.864 bits per heavy atom. The summed E-state index contributed by atoms with van der Waals surface area (Å²) in [5.41, 5.74) is 0. The molecule has 7 heteroatoms. The van der Waals surface area contributed by atoms with Gasteiger partial charge in [-0.2, -0.15) is 0 Å². The van der Waals surface area contributed by atoms with E-state index in [0.29, 0.717) is 12.7 Å². The highest BCUT2D eigenvalue weighted by molar-refractivity contribution is 6.60. The highest BCUT2D eigenvalue weighted by Gasteiger charge is 2.43. The van der Waals surface area contributed by atoms with Gasteiger partial charge in [-0.1, -0.05) is 0 Å². The molecule has 0 amide bonds. The Hall–Kier alpha value is -0.0231. The highest BCUT2D eigenvalue weighted by atomic mass is 28.4. The first-order chi connectivity index (χ1) is 10.2. The van der Waals surface area contributed by atoms with E-state index in [0.717, 1.165) is 6.42 Å². The molecule has 0 aliphatic heterocycles. The first-order valence-electron chi connectivity index (χ1n) is 8.11. The van der Waals surface area contributed by atoms with Crippen molar-refractivity contribution in [1.29, 1.82) is 0 Å². The average Bonchev–Trinajstić information content (AvgIpc) is 2.35. The standard InChI is InChI=1S/C15H34O6Si/c1-12(2)19-22(20-13(3)4,21-14(5)6)9-7-8-18-11-15(17)10-16/h12-17H,7-11H2,1-6H3. The van der Waals surface area contributed by atoms with E-state index in [1.807, 2.05) is 41.5 Å². The summed E-state index contributed by atoms with van der Waals surface area (Å²) in [5, 5.41) is 18.0. The van der Waals surface area contributed by atoms with Crippen LogP contribution in [0.1, 0.15) is 48.0 Å². The molecule has 0 aromatic carbocycles. The topological polar surface area (TPSA) is 77.4 Å². The van der Waals surface area contributed by atoms with Crippen LogP contribution >= 0.6 is 0 Å². The van der Waals surface area contributed by atoms with E-state index < -0.39 is 14.9 Å². The van der Waals surface area contributed by atoms with Crippen molar-refractivity contribution in [3.8, 4) is 0 Å².